The van der Waals surface area contributed by atoms with Gasteiger partial charge in [-0.25, -0.2) is 0 Å². The minimum absolute atomic E-state index is 0.00768. The molecule has 0 bridgehead atoms. The summed E-state index contributed by atoms with van der Waals surface area (Å²) < 4.78 is 11.5. The van der Waals surface area contributed by atoms with Crippen LogP contribution in [-0.4, -0.2) is 43.0 Å². The fourth-order valence-electron chi connectivity index (χ4n) is 3.55. The lowest BCUT2D eigenvalue weighted by atomic mass is 10.0. The number of ether oxygens (including phenoxy) is 2. The van der Waals surface area contributed by atoms with Crippen molar-refractivity contribution < 1.29 is 19.1 Å². The second-order valence-corrected chi connectivity index (χ2v) is 7.61. The molecule has 0 radical (unpaired) electrons. The lowest BCUT2D eigenvalue weighted by Crippen LogP contribution is -2.39. The van der Waals surface area contributed by atoms with Crippen molar-refractivity contribution in [3.05, 3.63) is 46.2 Å². The maximum atomic E-state index is 12.7. The SMILES string of the molecule is O=C(NCC(=O)N1CCC[C@@H]1c1ccc2c(c1)OCCCO2)c1cccs1. The molecule has 1 saturated heterocycles. The number of hydrogen-bond donors (Lipinski definition) is 1. The van der Waals surface area contributed by atoms with Crippen molar-refractivity contribution in [1.82, 2.24) is 10.2 Å². The van der Waals surface area contributed by atoms with Crippen molar-refractivity contribution in [2.75, 3.05) is 26.3 Å². The molecule has 2 amide bonds. The van der Waals surface area contributed by atoms with Crippen LogP contribution in [0.4, 0.5) is 0 Å². The molecule has 1 atom stereocenters. The van der Waals surface area contributed by atoms with Crippen molar-refractivity contribution in [3.63, 3.8) is 0 Å². The first-order chi connectivity index (χ1) is 13.2. The van der Waals surface area contributed by atoms with Gasteiger partial charge in [0.25, 0.3) is 5.91 Å². The predicted octanol–water partition coefficient (Wildman–Crippen LogP) is 3.00. The molecule has 2 aliphatic heterocycles. The summed E-state index contributed by atoms with van der Waals surface area (Å²) in [5.74, 6) is 1.24. The van der Waals surface area contributed by atoms with E-state index in [-0.39, 0.29) is 24.4 Å². The van der Waals surface area contributed by atoms with Gasteiger partial charge in [-0.15, -0.1) is 11.3 Å². The van der Waals surface area contributed by atoms with Crippen LogP contribution in [-0.2, 0) is 4.79 Å². The van der Waals surface area contributed by atoms with Crippen LogP contribution in [0.3, 0.4) is 0 Å². The van der Waals surface area contributed by atoms with E-state index in [1.807, 2.05) is 34.5 Å². The van der Waals surface area contributed by atoms with Crippen LogP contribution in [0, 0.1) is 0 Å². The van der Waals surface area contributed by atoms with Crippen LogP contribution >= 0.6 is 11.3 Å². The van der Waals surface area contributed by atoms with E-state index in [0.29, 0.717) is 24.6 Å². The van der Waals surface area contributed by atoms with Crippen molar-refractivity contribution in [1.29, 1.82) is 0 Å². The number of hydrogen-bond acceptors (Lipinski definition) is 5. The quantitative estimate of drug-likeness (QED) is 0.877. The molecule has 0 spiro atoms. The van der Waals surface area contributed by atoms with E-state index in [1.54, 1.807) is 6.07 Å². The van der Waals surface area contributed by atoms with Crippen LogP contribution < -0.4 is 14.8 Å². The Kier molecular flexibility index (Phi) is 5.29. The molecule has 0 unspecified atom stereocenters. The molecular weight excluding hydrogens is 364 g/mol. The zero-order valence-electron chi connectivity index (χ0n) is 15.0. The Hall–Kier alpha value is -2.54. The molecule has 1 N–H and O–H groups in total. The average Bonchev–Trinajstić information content (AvgIpc) is 3.34. The molecule has 1 aromatic heterocycles. The third-order valence-electron chi connectivity index (χ3n) is 4.87. The van der Waals surface area contributed by atoms with Gasteiger partial charge in [0.2, 0.25) is 5.91 Å². The first-order valence-electron chi connectivity index (χ1n) is 9.23. The Bertz CT molecular complexity index is 821. The first kappa shape index (κ1) is 17.9. The largest absolute Gasteiger partial charge is 0.490 e. The average molecular weight is 386 g/mol. The predicted molar refractivity (Wildman–Crippen MR) is 102 cm³/mol. The fraction of sp³-hybridized carbons (Fsp3) is 0.400. The molecule has 6 nitrogen and oxygen atoms in total. The number of amides is 2. The molecule has 1 fully saturated rings. The van der Waals surface area contributed by atoms with E-state index in [1.165, 1.54) is 11.3 Å². The summed E-state index contributed by atoms with van der Waals surface area (Å²) in [6, 6.07) is 9.50. The third kappa shape index (κ3) is 3.93. The van der Waals surface area contributed by atoms with Gasteiger partial charge >= 0.3 is 0 Å². The third-order valence-corrected chi connectivity index (χ3v) is 5.74. The Morgan fingerprint density at radius 1 is 1.15 bits per heavy atom. The van der Waals surface area contributed by atoms with Crippen molar-refractivity contribution in [2.24, 2.45) is 0 Å². The Morgan fingerprint density at radius 2 is 2.00 bits per heavy atom. The van der Waals surface area contributed by atoms with Crippen LogP contribution in [0.1, 0.15) is 40.5 Å². The number of nitrogens with zero attached hydrogens (tertiary/aromatic N) is 1. The topological polar surface area (TPSA) is 67.9 Å². The molecule has 3 heterocycles. The van der Waals surface area contributed by atoms with Gasteiger partial charge in [0.05, 0.1) is 30.7 Å². The standard InChI is InChI=1S/C20H22N2O4S/c23-19(13-21-20(24)18-5-2-11-27-18)22-8-1-4-15(22)14-6-7-16-17(12-14)26-10-3-9-25-16/h2,5-7,11-12,15H,1,3-4,8-10,13H2,(H,21,24)/t15-/m1/s1. The summed E-state index contributed by atoms with van der Waals surface area (Å²) in [5, 5.41) is 4.57. The summed E-state index contributed by atoms with van der Waals surface area (Å²) >= 11 is 1.36. The highest BCUT2D eigenvalue weighted by Gasteiger charge is 2.30. The van der Waals surface area contributed by atoms with E-state index >= 15 is 0 Å². The second-order valence-electron chi connectivity index (χ2n) is 6.66. The summed E-state index contributed by atoms with van der Waals surface area (Å²) in [7, 11) is 0. The molecule has 7 heteroatoms. The van der Waals surface area contributed by atoms with Crippen LogP contribution in [0.15, 0.2) is 35.7 Å². The van der Waals surface area contributed by atoms with Crippen LogP contribution in [0.5, 0.6) is 11.5 Å². The fourth-order valence-corrected chi connectivity index (χ4v) is 4.19. The minimum Gasteiger partial charge on any atom is -0.490 e. The van der Waals surface area contributed by atoms with Gasteiger partial charge in [-0.3, -0.25) is 9.59 Å². The number of fused-ring (bicyclic) bond motifs is 1. The summed E-state index contributed by atoms with van der Waals surface area (Å²) in [6.45, 7) is 2.01. The summed E-state index contributed by atoms with van der Waals surface area (Å²) in [6.07, 6.45) is 2.72. The first-order valence-corrected chi connectivity index (χ1v) is 10.1. The van der Waals surface area contributed by atoms with Crippen LogP contribution in [0.25, 0.3) is 0 Å². The van der Waals surface area contributed by atoms with Gasteiger partial charge < -0.3 is 19.7 Å². The van der Waals surface area contributed by atoms with E-state index in [9.17, 15) is 9.59 Å². The Morgan fingerprint density at radius 3 is 2.81 bits per heavy atom. The molecule has 2 aliphatic rings. The van der Waals surface area contributed by atoms with Gasteiger partial charge in [-0.05, 0) is 42.0 Å². The van der Waals surface area contributed by atoms with Crippen molar-refractivity contribution in [2.45, 2.75) is 25.3 Å². The van der Waals surface area contributed by atoms with Gasteiger partial charge in [-0.1, -0.05) is 12.1 Å². The lowest BCUT2D eigenvalue weighted by Gasteiger charge is -2.26. The molecule has 0 saturated carbocycles. The van der Waals surface area contributed by atoms with E-state index < -0.39 is 0 Å². The summed E-state index contributed by atoms with van der Waals surface area (Å²) in [5.41, 5.74) is 1.05. The molecule has 1 aromatic carbocycles. The monoisotopic (exact) mass is 386 g/mol. The number of carbonyl (C=O) groups is 2. The molecule has 27 heavy (non-hydrogen) atoms. The number of rotatable bonds is 4. The van der Waals surface area contributed by atoms with Crippen molar-refractivity contribution in [3.8, 4) is 11.5 Å². The van der Waals surface area contributed by atoms with Gasteiger partial charge in [0, 0.05) is 13.0 Å². The number of likely N-dealkylation sites (tertiary alicyclic amines) is 1. The maximum absolute atomic E-state index is 12.7. The minimum atomic E-state index is -0.204. The molecular formula is C20H22N2O4S. The highest BCUT2D eigenvalue weighted by molar-refractivity contribution is 7.12. The second kappa shape index (κ2) is 8.00. The van der Waals surface area contributed by atoms with E-state index in [0.717, 1.165) is 36.3 Å². The van der Waals surface area contributed by atoms with Crippen molar-refractivity contribution >= 4 is 23.2 Å². The molecule has 0 aliphatic carbocycles. The van der Waals surface area contributed by atoms with Crippen LogP contribution in [0.2, 0.25) is 0 Å². The van der Waals surface area contributed by atoms with Gasteiger partial charge in [-0.2, -0.15) is 0 Å². The maximum Gasteiger partial charge on any atom is 0.261 e. The zero-order chi connectivity index (χ0) is 18.6. The molecule has 2 aromatic rings. The number of carbonyl (C=O) groups excluding carboxylic acids is 2. The van der Waals surface area contributed by atoms with Gasteiger partial charge in [0.15, 0.2) is 11.5 Å². The van der Waals surface area contributed by atoms with E-state index in [4.69, 9.17) is 9.47 Å². The number of nitrogens with one attached hydrogen (secondary N) is 1. The highest BCUT2D eigenvalue weighted by Crippen LogP contribution is 2.37. The Labute approximate surface area is 162 Å². The number of thiophene rings is 1. The molecule has 4 rings (SSSR count). The Balaban J connectivity index is 1.43. The number of benzene rings is 1. The highest BCUT2D eigenvalue weighted by atomic mass is 32.1. The normalized spacial score (nSPS) is 18.8. The van der Waals surface area contributed by atoms with Gasteiger partial charge in [0.1, 0.15) is 0 Å². The van der Waals surface area contributed by atoms with E-state index in [2.05, 4.69) is 5.32 Å². The lowest BCUT2D eigenvalue weighted by molar-refractivity contribution is -0.131. The molecule has 142 valence electrons. The smallest absolute Gasteiger partial charge is 0.261 e. The summed E-state index contributed by atoms with van der Waals surface area (Å²) in [4.78, 5) is 27.2. The zero-order valence-corrected chi connectivity index (χ0v) is 15.8.